The average molecular weight is 305 g/mol. The fourth-order valence-electron chi connectivity index (χ4n) is 1.85. The van der Waals surface area contributed by atoms with Crippen molar-refractivity contribution < 1.29 is 9.47 Å². The van der Waals surface area contributed by atoms with Gasteiger partial charge in [-0.15, -0.1) is 0 Å². The number of ether oxygens (including phenoxy) is 2. The number of benzene rings is 2. The van der Waals surface area contributed by atoms with Crippen LogP contribution in [0.5, 0.6) is 11.5 Å². The third-order valence-electron chi connectivity index (χ3n) is 3.00. The van der Waals surface area contributed by atoms with Gasteiger partial charge >= 0.3 is 0 Å². The summed E-state index contributed by atoms with van der Waals surface area (Å²) in [6, 6.07) is 11.3. The van der Waals surface area contributed by atoms with Crippen molar-refractivity contribution in [2.75, 3.05) is 19.6 Å². The summed E-state index contributed by atoms with van der Waals surface area (Å²) in [5.41, 5.74) is 5.61. The minimum atomic E-state index is 0.646. The molecule has 0 atom stereocenters. The number of para-hydroxylation sites is 1. The number of hydrogen-bond acceptors (Lipinski definition) is 4. The van der Waals surface area contributed by atoms with Gasteiger partial charge in [-0.2, -0.15) is 5.10 Å². The molecular formula is C16H17ClN2O2. The van der Waals surface area contributed by atoms with Gasteiger partial charge in [-0.3, -0.25) is 5.43 Å². The summed E-state index contributed by atoms with van der Waals surface area (Å²) in [5, 5.41) is 4.90. The SMILES string of the molecule is COc1cccc(/C=N/Nc2ccc(C)c(Cl)c2)c1OC. The monoisotopic (exact) mass is 304 g/mol. The lowest BCUT2D eigenvalue weighted by Crippen LogP contribution is -1.97. The maximum Gasteiger partial charge on any atom is 0.169 e. The predicted octanol–water partition coefficient (Wildman–Crippen LogP) is 4.11. The highest BCUT2D eigenvalue weighted by Crippen LogP contribution is 2.29. The van der Waals surface area contributed by atoms with E-state index in [1.807, 2.05) is 43.3 Å². The topological polar surface area (TPSA) is 42.8 Å². The van der Waals surface area contributed by atoms with Crippen LogP contribution in [0.15, 0.2) is 41.5 Å². The minimum Gasteiger partial charge on any atom is -0.493 e. The van der Waals surface area contributed by atoms with Crippen LogP contribution in [-0.2, 0) is 0 Å². The quantitative estimate of drug-likeness (QED) is 0.667. The van der Waals surface area contributed by atoms with Crippen LogP contribution in [0.4, 0.5) is 5.69 Å². The molecule has 21 heavy (non-hydrogen) atoms. The molecule has 0 radical (unpaired) electrons. The molecule has 5 heteroatoms. The Bertz CT molecular complexity index is 657. The van der Waals surface area contributed by atoms with Crippen molar-refractivity contribution in [2.24, 2.45) is 5.10 Å². The second kappa shape index (κ2) is 6.99. The van der Waals surface area contributed by atoms with E-state index in [9.17, 15) is 0 Å². The molecule has 2 aromatic rings. The third kappa shape index (κ3) is 3.67. The highest BCUT2D eigenvalue weighted by atomic mass is 35.5. The number of anilines is 1. The Hall–Kier alpha value is -2.20. The van der Waals surface area contributed by atoms with Gasteiger partial charge in [-0.25, -0.2) is 0 Å². The molecule has 0 aromatic heterocycles. The molecule has 0 aliphatic carbocycles. The Balaban J connectivity index is 2.16. The molecule has 0 saturated carbocycles. The number of hydrazone groups is 1. The van der Waals surface area contributed by atoms with E-state index in [4.69, 9.17) is 21.1 Å². The Kier molecular flexibility index (Phi) is 5.06. The first kappa shape index (κ1) is 15.2. The first-order valence-electron chi connectivity index (χ1n) is 6.42. The maximum atomic E-state index is 6.07. The standard InChI is InChI=1S/C16H17ClN2O2/c1-11-7-8-13(9-14(11)17)19-18-10-12-5-4-6-15(20-2)16(12)21-3/h4-10,19H,1-3H3/b18-10+. The number of aryl methyl sites for hydroxylation is 1. The van der Waals surface area contributed by atoms with Crippen molar-refractivity contribution >= 4 is 23.5 Å². The molecule has 0 saturated heterocycles. The highest BCUT2D eigenvalue weighted by Gasteiger charge is 2.07. The van der Waals surface area contributed by atoms with E-state index in [1.54, 1.807) is 20.4 Å². The third-order valence-corrected chi connectivity index (χ3v) is 3.41. The Labute approximate surface area is 129 Å². The van der Waals surface area contributed by atoms with E-state index >= 15 is 0 Å². The van der Waals surface area contributed by atoms with E-state index in [-0.39, 0.29) is 0 Å². The van der Waals surface area contributed by atoms with Gasteiger partial charge in [-0.1, -0.05) is 23.7 Å². The molecule has 0 amide bonds. The van der Waals surface area contributed by atoms with Gasteiger partial charge in [0.2, 0.25) is 0 Å². The molecule has 0 aliphatic rings. The first-order chi connectivity index (χ1) is 10.2. The Morgan fingerprint density at radius 1 is 1.14 bits per heavy atom. The summed E-state index contributed by atoms with van der Waals surface area (Å²) in [4.78, 5) is 0. The molecule has 1 N–H and O–H groups in total. The van der Waals surface area contributed by atoms with Crippen molar-refractivity contribution in [1.82, 2.24) is 0 Å². The molecule has 0 heterocycles. The minimum absolute atomic E-state index is 0.646. The van der Waals surface area contributed by atoms with Crippen molar-refractivity contribution in [3.05, 3.63) is 52.5 Å². The largest absolute Gasteiger partial charge is 0.493 e. The van der Waals surface area contributed by atoms with E-state index in [0.717, 1.165) is 16.8 Å². The number of hydrogen-bond donors (Lipinski definition) is 1. The van der Waals surface area contributed by atoms with E-state index in [1.165, 1.54) is 0 Å². The molecule has 0 bridgehead atoms. The zero-order chi connectivity index (χ0) is 15.2. The van der Waals surface area contributed by atoms with E-state index < -0.39 is 0 Å². The predicted molar refractivity (Wildman–Crippen MR) is 87.0 cm³/mol. The zero-order valence-corrected chi connectivity index (χ0v) is 12.9. The van der Waals surface area contributed by atoms with Crippen LogP contribution in [0.25, 0.3) is 0 Å². The fourth-order valence-corrected chi connectivity index (χ4v) is 2.03. The summed E-state index contributed by atoms with van der Waals surface area (Å²) in [7, 11) is 3.20. The number of nitrogens with zero attached hydrogens (tertiary/aromatic N) is 1. The van der Waals surface area contributed by atoms with Crippen LogP contribution < -0.4 is 14.9 Å². The molecule has 0 spiro atoms. The average Bonchev–Trinajstić information content (AvgIpc) is 2.50. The van der Waals surface area contributed by atoms with Crippen LogP contribution in [-0.4, -0.2) is 20.4 Å². The number of methoxy groups -OCH3 is 2. The van der Waals surface area contributed by atoms with Gasteiger partial charge in [0, 0.05) is 10.6 Å². The van der Waals surface area contributed by atoms with Crippen LogP contribution in [0, 0.1) is 6.92 Å². The summed E-state index contributed by atoms with van der Waals surface area (Å²) in [6.07, 6.45) is 1.68. The van der Waals surface area contributed by atoms with Crippen molar-refractivity contribution in [2.45, 2.75) is 6.92 Å². The smallest absolute Gasteiger partial charge is 0.169 e. The van der Waals surface area contributed by atoms with Crippen LogP contribution in [0.3, 0.4) is 0 Å². The fraction of sp³-hybridized carbons (Fsp3) is 0.188. The molecule has 110 valence electrons. The van der Waals surface area contributed by atoms with Gasteiger partial charge in [0.05, 0.1) is 26.1 Å². The summed E-state index contributed by atoms with van der Waals surface area (Å²) in [5.74, 6) is 1.31. The lowest BCUT2D eigenvalue weighted by Gasteiger charge is -2.09. The zero-order valence-electron chi connectivity index (χ0n) is 12.2. The molecule has 0 fully saturated rings. The van der Waals surface area contributed by atoms with Crippen molar-refractivity contribution in [3.63, 3.8) is 0 Å². The van der Waals surface area contributed by atoms with Crippen molar-refractivity contribution in [1.29, 1.82) is 0 Å². The van der Waals surface area contributed by atoms with Gasteiger partial charge in [0.25, 0.3) is 0 Å². The second-order valence-electron chi connectivity index (χ2n) is 4.42. The normalized spacial score (nSPS) is 10.7. The molecule has 2 rings (SSSR count). The summed E-state index contributed by atoms with van der Waals surface area (Å²) < 4.78 is 10.6. The van der Waals surface area contributed by atoms with E-state index in [2.05, 4.69) is 10.5 Å². The Morgan fingerprint density at radius 3 is 2.62 bits per heavy atom. The summed E-state index contributed by atoms with van der Waals surface area (Å²) in [6.45, 7) is 1.95. The number of nitrogens with one attached hydrogen (secondary N) is 1. The van der Waals surface area contributed by atoms with Crippen molar-refractivity contribution in [3.8, 4) is 11.5 Å². The van der Waals surface area contributed by atoms with Gasteiger partial charge in [0.1, 0.15) is 0 Å². The van der Waals surface area contributed by atoms with Gasteiger partial charge in [0.15, 0.2) is 11.5 Å². The molecule has 0 unspecified atom stereocenters. The Morgan fingerprint density at radius 2 is 1.95 bits per heavy atom. The molecule has 2 aromatic carbocycles. The maximum absolute atomic E-state index is 6.07. The highest BCUT2D eigenvalue weighted by molar-refractivity contribution is 6.31. The van der Waals surface area contributed by atoms with Gasteiger partial charge < -0.3 is 9.47 Å². The van der Waals surface area contributed by atoms with E-state index in [0.29, 0.717) is 16.5 Å². The molecule has 0 aliphatic heterocycles. The first-order valence-corrected chi connectivity index (χ1v) is 6.79. The number of halogens is 1. The number of rotatable bonds is 5. The van der Waals surface area contributed by atoms with Crippen LogP contribution in [0.1, 0.15) is 11.1 Å². The molecule has 4 nitrogen and oxygen atoms in total. The lowest BCUT2D eigenvalue weighted by molar-refractivity contribution is 0.354. The lowest BCUT2D eigenvalue weighted by atomic mass is 10.2. The van der Waals surface area contributed by atoms with Crippen LogP contribution in [0.2, 0.25) is 5.02 Å². The molecular weight excluding hydrogens is 288 g/mol. The second-order valence-corrected chi connectivity index (χ2v) is 4.82. The van der Waals surface area contributed by atoms with Crippen LogP contribution >= 0.6 is 11.6 Å². The summed E-state index contributed by atoms with van der Waals surface area (Å²) >= 11 is 6.07. The van der Waals surface area contributed by atoms with Gasteiger partial charge in [-0.05, 0) is 36.8 Å².